The number of fused-ring (bicyclic) bond motifs is 1. The number of imidazole rings is 1. The molecule has 1 aromatic carbocycles. The van der Waals surface area contributed by atoms with E-state index >= 15 is 0 Å². The molecular weight excluding hydrogens is 304 g/mol. The summed E-state index contributed by atoms with van der Waals surface area (Å²) in [6.07, 6.45) is 3.29. The SMILES string of the molecule is c1ccc(CN2CCO[C@@H](CNc3ncnc4nc[nH]c34)C2)cc1. The molecule has 0 saturated carbocycles. The van der Waals surface area contributed by atoms with Gasteiger partial charge < -0.3 is 15.0 Å². The molecule has 1 saturated heterocycles. The molecule has 124 valence electrons. The van der Waals surface area contributed by atoms with Crippen LogP contribution in [0.2, 0.25) is 0 Å². The number of aromatic nitrogens is 4. The molecule has 0 unspecified atom stereocenters. The number of anilines is 1. The minimum atomic E-state index is 0.135. The van der Waals surface area contributed by atoms with E-state index in [2.05, 4.69) is 54.4 Å². The lowest BCUT2D eigenvalue weighted by atomic mass is 10.2. The van der Waals surface area contributed by atoms with Crippen molar-refractivity contribution in [3.8, 4) is 0 Å². The Kier molecular flexibility index (Phi) is 4.35. The minimum Gasteiger partial charge on any atom is -0.374 e. The van der Waals surface area contributed by atoms with Crippen molar-refractivity contribution in [2.45, 2.75) is 12.6 Å². The number of nitrogens with one attached hydrogen (secondary N) is 2. The second-order valence-electron chi connectivity index (χ2n) is 5.92. The fourth-order valence-corrected chi connectivity index (χ4v) is 3.00. The molecule has 2 aromatic heterocycles. The van der Waals surface area contributed by atoms with Crippen molar-refractivity contribution in [2.75, 3.05) is 31.6 Å². The molecule has 3 heterocycles. The van der Waals surface area contributed by atoms with Crippen LogP contribution in [0.15, 0.2) is 43.0 Å². The summed E-state index contributed by atoms with van der Waals surface area (Å²) in [4.78, 5) is 18.1. The Labute approximate surface area is 140 Å². The summed E-state index contributed by atoms with van der Waals surface area (Å²) in [5, 5.41) is 3.35. The summed E-state index contributed by atoms with van der Waals surface area (Å²) < 4.78 is 5.89. The van der Waals surface area contributed by atoms with E-state index in [1.807, 2.05) is 6.07 Å². The first-order valence-corrected chi connectivity index (χ1v) is 8.14. The van der Waals surface area contributed by atoms with Gasteiger partial charge in [-0.25, -0.2) is 15.0 Å². The number of nitrogens with zero attached hydrogens (tertiary/aromatic N) is 4. The van der Waals surface area contributed by atoms with Gasteiger partial charge >= 0.3 is 0 Å². The predicted octanol–water partition coefficient (Wildman–Crippen LogP) is 1.67. The molecule has 3 aromatic rings. The van der Waals surface area contributed by atoms with Crippen LogP contribution in [0.5, 0.6) is 0 Å². The van der Waals surface area contributed by atoms with E-state index in [9.17, 15) is 0 Å². The third-order valence-corrected chi connectivity index (χ3v) is 4.19. The topological polar surface area (TPSA) is 79.0 Å². The summed E-state index contributed by atoms with van der Waals surface area (Å²) in [7, 11) is 0. The quantitative estimate of drug-likeness (QED) is 0.743. The predicted molar refractivity (Wildman–Crippen MR) is 91.6 cm³/mol. The van der Waals surface area contributed by atoms with Crippen LogP contribution in [-0.4, -0.2) is 57.2 Å². The third kappa shape index (κ3) is 3.37. The maximum Gasteiger partial charge on any atom is 0.182 e. The third-order valence-electron chi connectivity index (χ3n) is 4.19. The Morgan fingerprint density at radius 1 is 1.21 bits per heavy atom. The average molecular weight is 324 g/mol. The van der Waals surface area contributed by atoms with E-state index in [0.717, 1.165) is 37.6 Å². The number of aromatic amines is 1. The molecule has 2 N–H and O–H groups in total. The molecule has 1 fully saturated rings. The number of hydrogen-bond donors (Lipinski definition) is 2. The summed E-state index contributed by atoms with van der Waals surface area (Å²) in [6, 6.07) is 10.5. The first-order valence-electron chi connectivity index (χ1n) is 8.14. The molecule has 1 atom stereocenters. The molecule has 0 aliphatic carbocycles. The highest BCUT2D eigenvalue weighted by atomic mass is 16.5. The van der Waals surface area contributed by atoms with Crippen LogP contribution in [0.25, 0.3) is 11.2 Å². The van der Waals surface area contributed by atoms with Crippen LogP contribution in [0.4, 0.5) is 5.82 Å². The minimum absolute atomic E-state index is 0.135. The molecular formula is C17H20N6O. The molecule has 0 radical (unpaired) electrons. The van der Waals surface area contributed by atoms with Crippen LogP contribution < -0.4 is 5.32 Å². The number of ether oxygens (including phenoxy) is 1. The van der Waals surface area contributed by atoms with Crippen molar-refractivity contribution < 1.29 is 4.74 Å². The lowest BCUT2D eigenvalue weighted by Gasteiger charge is -2.33. The van der Waals surface area contributed by atoms with E-state index in [4.69, 9.17) is 4.74 Å². The molecule has 7 nitrogen and oxygen atoms in total. The Hall–Kier alpha value is -2.51. The fourth-order valence-electron chi connectivity index (χ4n) is 3.00. The highest BCUT2D eigenvalue weighted by Gasteiger charge is 2.20. The molecule has 24 heavy (non-hydrogen) atoms. The highest BCUT2D eigenvalue weighted by molar-refractivity contribution is 5.81. The Morgan fingerprint density at radius 2 is 2.12 bits per heavy atom. The van der Waals surface area contributed by atoms with Crippen LogP contribution in [-0.2, 0) is 11.3 Å². The molecule has 0 amide bonds. The molecule has 1 aliphatic heterocycles. The molecule has 1 aliphatic rings. The van der Waals surface area contributed by atoms with Crippen molar-refractivity contribution >= 4 is 17.0 Å². The molecule has 0 spiro atoms. The normalized spacial score (nSPS) is 18.8. The summed E-state index contributed by atoms with van der Waals surface area (Å²) in [5.41, 5.74) is 2.83. The maximum atomic E-state index is 5.89. The van der Waals surface area contributed by atoms with Crippen molar-refractivity contribution in [3.63, 3.8) is 0 Å². The van der Waals surface area contributed by atoms with Crippen LogP contribution >= 0.6 is 0 Å². The summed E-state index contributed by atoms with van der Waals surface area (Å²) >= 11 is 0. The highest BCUT2D eigenvalue weighted by Crippen LogP contribution is 2.16. The zero-order chi connectivity index (χ0) is 16.2. The van der Waals surface area contributed by atoms with Crippen molar-refractivity contribution in [3.05, 3.63) is 48.5 Å². The Balaban J connectivity index is 1.36. The van der Waals surface area contributed by atoms with Crippen LogP contribution in [0.3, 0.4) is 0 Å². The lowest BCUT2D eigenvalue weighted by molar-refractivity contribution is -0.0240. The van der Waals surface area contributed by atoms with Crippen molar-refractivity contribution in [1.82, 2.24) is 24.8 Å². The number of benzene rings is 1. The lowest BCUT2D eigenvalue weighted by Crippen LogP contribution is -2.44. The van der Waals surface area contributed by atoms with Gasteiger partial charge in [-0.3, -0.25) is 4.90 Å². The van der Waals surface area contributed by atoms with Gasteiger partial charge in [-0.05, 0) is 5.56 Å². The standard InChI is InChI=1S/C17H20N6O/c1-2-4-13(5-3-1)9-23-6-7-24-14(10-23)8-18-16-15-17(20-11-19-15)22-12-21-16/h1-5,11-12,14H,6-10H2,(H2,18,19,20,21,22)/t14-/m0/s1. The zero-order valence-electron chi connectivity index (χ0n) is 13.4. The van der Waals surface area contributed by atoms with Crippen molar-refractivity contribution in [1.29, 1.82) is 0 Å². The number of rotatable bonds is 5. The van der Waals surface area contributed by atoms with E-state index in [1.165, 1.54) is 11.9 Å². The first-order chi connectivity index (χ1) is 11.9. The van der Waals surface area contributed by atoms with Gasteiger partial charge in [-0.1, -0.05) is 30.3 Å². The van der Waals surface area contributed by atoms with Gasteiger partial charge in [0.15, 0.2) is 11.5 Å². The van der Waals surface area contributed by atoms with Gasteiger partial charge in [0.05, 0.1) is 19.0 Å². The zero-order valence-corrected chi connectivity index (χ0v) is 13.4. The van der Waals surface area contributed by atoms with E-state index in [1.54, 1.807) is 6.33 Å². The monoisotopic (exact) mass is 324 g/mol. The molecule has 4 rings (SSSR count). The number of hydrogen-bond acceptors (Lipinski definition) is 6. The largest absolute Gasteiger partial charge is 0.374 e. The average Bonchev–Trinajstić information content (AvgIpc) is 3.10. The van der Waals surface area contributed by atoms with Gasteiger partial charge in [0.2, 0.25) is 0 Å². The van der Waals surface area contributed by atoms with Crippen LogP contribution in [0.1, 0.15) is 5.56 Å². The van der Waals surface area contributed by atoms with Crippen molar-refractivity contribution in [2.24, 2.45) is 0 Å². The van der Waals surface area contributed by atoms with E-state index in [-0.39, 0.29) is 6.10 Å². The summed E-state index contributed by atoms with van der Waals surface area (Å²) in [6.45, 7) is 4.28. The summed E-state index contributed by atoms with van der Waals surface area (Å²) in [5.74, 6) is 0.765. The maximum absolute atomic E-state index is 5.89. The van der Waals surface area contributed by atoms with E-state index in [0.29, 0.717) is 12.2 Å². The van der Waals surface area contributed by atoms with Crippen LogP contribution in [0, 0.1) is 0 Å². The number of H-pyrrole nitrogens is 1. The Morgan fingerprint density at radius 3 is 3.04 bits per heavy atom. The Bertz CT molecular complexity index is 790. The smallest absolute Gasteiger partial charge is 0.182 e. The number of morpholine rings is 1. The first kappa shape index (κ1) is 15.0. The second-order valence-corrected chi connectivity index (χ2v) is 5.92. The molecule has 7 heteroatoms. The van der Waals surface area contributed by atoms with Gasteiger partial charge in [-0.2, -0.15) is 0 Å². The van der Waals surface area contributed by atoms with E-state index < -0.39 is 0 Å². The second kappa shape index (κ2) is 6.94. The molecule has 0 bridgehead atoms. The van der Waals surface area contributed by atoms with Gasteiger partial charge in [0.1, 0.15) is 11.8 Å². The van der Waals surface area contributed by atoms with Gasteiger partial charge in [0, 0.05) is 26.2 Å². The fraction of sp³-hybridized carbons (Fsp3) is 0.353. The van der Waals surface area contributed by atoms with Gasteiger partial charge in [-0.15, -0.1) is 0 Å². The van der Waals surface area contributed by atoms with Gasteiger partial charge in [0.25, 0.3) is 0 Å².